The second kappa shape index (κ2) is 5.88. The summed E-state index contributed by atoms with van der Waals surface area (Å²) in [6, 6.07) is 8.17. The van der Waals surface area contributed by atoms with Crippen LogP contribution in [0.2, 0.25) is 0 Å². The molecule has 0 radical (unpaired) electrons. The Morgan fingerprint density at radius 2 is 2.16 bits per heavy atom. The van der Waals surface area contributed by atoms with Crippen LogP contribution < -0.4 is 16.2 Å². The van der Waals surface area contributed by atoms with Gasteiger partial charge in [0.1, 0.15) is 0 Å². The standard InChI is InChI=1S/C13H16BrN3OS/c1-15-12(19)17-16-11(18)8-13(5-6-13)9-3-2-4-10(14)7-9/h2-4,7H,5-6,8H2,1H3,(H,16,18)(H2,15,17,19). The monoisotopic (exact) mass is 341 g/mol. The van der Waals surface area contributed by atoms with E-state index in [1.54, 1.807) is 7.05 Å². The molecule has 1 aliphatic rings. The maximum atomic E-state index is 11.9. The molecule has 1 aromatic carbocycles. The van der Waals surface area contributed by atoms with Crippen LogP contribution in [-0.4, -0.2) is 18.1 Å². The fraction of sp³-hybridized carbons (Fsp3) is 0.385. The van der Waals surface area contributed by atoms with Crippen molar-refractivity contribution in [2.45, 2.75) is 24.7 Å². The Bertz CT molecular complexity index is 502. The molecule has 1 amide bonds. The van der Waals surface area contributed by atoms with E-state index in [0.717, 1.165) is 17.3 Å². The zero-order chi connectivity index (χ0) is 13.9. The molecule has 2 rings (SSSR count). The summed E-state index contributed by atoms with van der Waals surface area (Å²) in [4.78, 5) is 11.9. The molecule has 0 heterocycles. The Balaban J connectivity index is 1.95. The predicted molar refractivity (Wildman–Crippen MR) is 82.6 cm³/mol. The van der Waals surface area contributed by atoms with Gasteiger partial charge in [-0.25, -0.2) is 0 Å². The van der Waals surface area contributed by atoms with Crippen LogP contribution in [-0.2, 0) is 10.2 Å². The Hall–Kier alpha value is -1.14. The number of hydrogen-bond donors (Lipinski definition) is 3. The van der Waals surface area contributed by atoms with Gasteiger partial charge >= 0.3 is 0 Å². The van der Waals surface area contributed by atoms with Gasteiger partial charge in [0.25, 0.3) is 0 Å². The third-order valence-corrected chi connectivity index (χ3v) is 4.13. The number of thiocarbonyl (C=S) groups is 1. The minimum absolute atomic E-state index is 0.00317. The average Bonchev–Trinajstić information content (AvgIpc) is 3.17. The van der Waals surface area contributed by atoms with Crippen molar-refractivity contribution in [1.29, 1.82) is 0 Å². The maximum Gasteiger partial charge on any atom is 0.239 e. The highest BCUT2D eigenvalue weighted by Gasteiger charge is 2.45. The summed E-state index contributed by atoms with van der Waals surface area (Å²) in [6.07, 6.45) is 2.57. The van der Waals surface area contributed by atoms with Crippen LogP contribution in [0.3, 0.4) is 0 Å². The van der Waals surface area contributed by atoms with E-state index in [4.69, 9.17) is 12.2 Å². The van der Waals surface area contributed by atoms with Crippen molar-refractivity contribution in [3.63, 3.8) is 0 Å². The van der Waals surface area contributed by atoms with Gasteiger partial charge in [0.2, 0.25) is 5.91 Å². The molecule has 0 bridgehead atoms. The summed E-state index contributed by atoms with van der Waals surface area (Å²) in [7, 11) is 1.70. The molecule has 1 fully saturated rings. The first-order valence-electron chi connectivity index (χ1n) is 6.08. The first-order chi connectivity index (χ1) is 9.05. The van der Waals surface area contributed by atoms with E-state index >= 15 is 0 Å². The van der Waals surface area contributed by atoms with Gasteiger partial charge < -0.3 is 5.32 Å². The van der Waals surface area contributed by atoms with Crippen molar-refractivity contribution in [3.05, 3.63) is 34.3 Å². The van der Waals surface area contributed by atoms with Crippen LogP contribution in [0.25, 0.3) is 0 Å². The van der Waals surface area contributed by atoms with Gasteiger partial charge in [0.05, 0.1) is 0 Å². The summed E-state index contributed by atoms with van der Waals surface area (Å²) >= 11 is 8.37. The number of benzene rings is 1. The van der Waals surface area contributed by atoms with E-state index in [-0.39, 0.29) is 11.3 Å². The summed E-state index contributed by atoms with van der Waals surface area (Å²) in [5, 5.41) is 3.14. The molecule has 1 aromatic rings. The van der Waals surface area contributed by atoms with Crippen LogP contribution in [0.4, 0.5) is 0 Å². The normalized spacial score (nSPS) is 15.5. The van der Waals surface area contributed by atoms with Crippen LogP contribution >= 0.6 is 28.1 Å². The number of nitrogens with one attached hydrogen (secondary N) is 3. The fourth-order valence-electron chi connectivity index (χ4n) is 2.08. The SMILES string of the molecule is CNC(=S)NNC(=O)CC1(c2cccc(Br)c2)CC1. The molecule has 3 N–H and O–H groups in total. The highest BCUT2D eigenvalue weighted by Crippen LogP contribution is 2.51. The van der Waals surface area contributed by atoms with Crippen molar-refractivity contribution in [3.8, 4) is 0 Å². The second-order valence-corrected chi connectivity index (χ2v) is 6.04. The molecular formula is C13H16BrN3OS. The van der Waals surface area contributed by atoms with E-state index in [1.807, 2.05) is 12.1 Å². The van der Waals surface area contributed by atoms with E-state index < -0.39 is 0 Å². The molecule has 0 saturated heterocycles. The fourth-order valence-corrected chi connectivity index (χ4v) is 2.53. The van der Waals surface area contributed by atoms with Gasteiger partial charge in [-0.2, -0.15) is 0 Å². The highest BCUT2D eigenvalue weighted by molar-refractivity contribution is 9.10. The van der Waals surface area contributed by atoms with E-state index in [2.05, 4.69) is 44.2 Å². The number of carbonyl (C=O) groups is 1. The topological polar surface area (TPSA) is 53.2 Å². The lowest BCUT2D eigenvalue weighted by molar-refractivity contribution is -0.122. The molecule has 0 unspecified atom stereocenters. The summed E-state index contributed by atoms with van der Waals surface area (Å²) < 4.78 is 1.05. The second-order valence-electron chi connectivity index (χ2n) is 4.72. The van der Waals surface area contributed by atoms with Crippen molar-refractivity contribution in [2.24, 2.45) is 0 Å². The Morgan fingerprint density at radius 3 is 2.74 bits per heavy atom. The minimum Gasteiger partial charge on any atom is -0.364 e. The summed E-state index contributed by atoms with van der Waals surface area (Å²) in [5.41, 5.74) is 6.48. The summed E-state index contributed by atoms with van der Waals surface area (Å²) in [5.74, 6) is -0.0462. The first-order valence-corrected chi connectivity index (χ1v) is 7.28. The van der Waals surface area contributed by atoms with Gasteiger partial charge in [0.15, 0.2) is 5.11 Å². The third kappa shape index (κ3) is 3.67. The minimum atomic E-state index is -0.0462. The lowest BCUT2D eigenvalue weighted by Crippen LogP contribution is -2.46. The van der Waals surface area contributed by atoms with Crippen LogP contribution in [0.5, 0.6) is 0 Å². The number of rotatable bonds is 3. The molecule has 6 heteroatoms. The zero-order valence-electron chi connectivity index (χ0n) is 10.6. The molecule has 0 atom stereocenters. The van der Waals surface area contributed by atoms with Crippen molar-refractivity contribution in [2.75, 3.05) is 7.05 Å². The molecule has 4 nitrogen and oxygen atoms in total. The lowest BCUT2D eigenvalue weighted by atomic mass is 9.92. The van der Waals surface area contributed by atoms with Crippen LogP contribution in [0.1, 0.15) is 24.8 Å². The van der Waals surface area contributed by atoms with Crippen molar-refractivity contribution >= 4 is 39.2 Å². The zero-order valence-corrected chi connectivity index (χ0v) is 13.0. The molecule has 102 valence electrons. The van der Waals surface area contributed by atoms with Gasteiger partial charge in [-0.15, -0.1) is 0 Å². The number of hydrogen-bond acceptors (Lipinski definition) is 2. The predicted octanol–water partition coefficient (Wildman–Crippen LogP) is 2.00. The van der Waals surface area contributed by atoms with Crippen molar-refractivity contribution in [1.82, 2.24) is 16.2 Å². The molecule has 0 aromatic heterocycles. The van der Waals surface area contributed by atoms with Crippen LogP contribution in [0.15, 0.2) is 28.7 Å². The van der Waals surface area contributed by atoms with Crippen molar-refractivity contribution < 1.29 is 4.79 Å². The van der Waals surface area contributed by atoms with Gasteiger partial charge in [-0.3, -0.25) is 15.6 Å². The number of hydrazine groups is 1. The summed E-state index contributed by atoms with van der Waals surface area (Å²) in [6.45, 7) is 0. The van der Waals surface area contributed by atoms with Crippen LogP contribution in [0, 0.1) is 0 Å². The molecule has 1 saturated carbocycles. The number of halogens is 1. The lowest BCUT2D eigenvalue weighted by Gasteiger charge is -2.16. The largest absolute Gasteiger partial charge is 0.364 e. The van der Waals surface area contributed by atoms with Gasteiger partial charge in [-0.05, 0) is 42.8 Å². The molecular weight excluding hydrogens is 326 g/mol. The number of carbonyl (C=O) groups excluding carboxylic acids is 1. The Morgan fingerprint density at radius 1 is 1.42 bits per heavy atom. The quantitative estimate of drug-likeness (QED) is 0.581. The third-order valence-electron chi connectivity index (χ3n) is 3.33. The molecule has 19 heavy (non-hydrogen) atoms. The van der Waals surface area contributed by atoms with E-state index in [1.165, 1.54) is 5.56 Å². The highest BCUT2D eigenvalue weighted by atomic mass is 79.9. The first kappa shape index (κ1) is 14.3. The molecule has 1 aliphatic carbocycles. The van der Waals surface area contributed by atoms with Gasteiger partial charge in [0, 0.05) is 23.4 Å². The smallest absolute Gasteiger partial charge is 0.239 e. The Labute approximate surface area is 126 Å². The Kier molecular flexibility index (Phi) is 4.42. The number of amides is 1. The van der Waals surface area contributed by atoms with E-state index in [9.17, 15) is 4.79 Å². The van der Waals surface area contributed by atoms with Gasteiger partial charge in [-0.1, -0.05) is 28.1 Å². The maximum absolute atomic E-state index is 11.9. The average molecular weight is 342 g/mol. The molecule has 0 aliphatic heterocycles. The molecule has 0 spiro atoms. The van der Waals surface area contributed by atoms with E-state index in [0.29, 0.717) is 11.5 Å².